The maximum Gasteiger partial charge on any atom is 0.206 e. The van der Waals surface area contributed by atoms with E-state index >= 15 is 0 Å². The second-order valence-electron chi connectivity index (χ2n) is 5.32. The largest absolute Gasteiger partial charge is 0.489 e. The second-order valence-corrected chi connectivity index (χ2v) is 7.29. The van der Waals surface area contributed by atoms with Gasteiger partial charge in [0.25, 0.3) is 0 Å². The molecule has 0 unspecified atom stereocenters. The van der Waals surface area contributed by atoms with Crippen LogP contribution in [0.5, 0.6) is 0 Å². The molecule has 1 saturated heterocycles. The Morgan fingerprint density at radius 2 is 2.00 bits per heavy atom. The minimum Gasteiger partial charge on any atom is -0.489 e. The van der Waals surface area contributed by atoms with Crippen molar-refractivity contribution in [3.05, 3.63) is 53.7 Å². The third kappa shape index (κ3) is 2.18. The molecule has 0 N–H and O–H groups in total. The minimum absolute atomic E-state index is 0.0472. The molecule has 1 heterocycles. The molecule has 0 radical (unpaired) electrons. The van der Waals surface area contributed by atoms with Gasteiger partial charge in [-0.3, -0.25) is 0 Å². The highest BCUT2D eigenvalue weighted by Crippen LogP contribution is 2.43. The van der Waals surface area contributed by atoms with E-state index in [0.717, 1.165) is 19.3 Å². The standard InChI is InChI=1S/C16H18O3S/c1-2-13-11-12-7-6-10-15(16(12)19-13)20(17,18)14-8-4-3-5-9-14/h2-5,8-9,12-13H,1,6-7,10-11H2/t12-,13+/m1/s1. The Morgan fingerprint density at radius 3 is 2.70 bits per heavy atom. The van der Waals surface area contributed by atoms with Gasteiger partial charge in [-0.15, -0.1) is 0 Å². The molecule has 0 saturated carbocycles. The smallest absolute Gasteiger partial charge is 0.206 e. The van der Waals surface area contributed by atoms with E-state index in [1.807, 2.05) is 6.07 Å². The van der Waals surface area contributed by atoms with Gasteiger partial charge in [0.1, 0.15) is 11.9 Å². The molecule has 106 valence electrons. The highest BCUT2D eigenvalue weighted by atomic mass is 32.2. The van der Waals surface area contributed by atoms with Crippen LogP contribution < -0.4 is 0 Å². The molecule has 1 aliphatic heterocycles. The van der Waals surface area contributed by atoms with Gasteiger partial charge in [-0.2, -0.15) is 0 Å². The molecular weight excluding hydrogens is 272 g/mol. The van der Waals surface area contributed by atoms with Crippen molar-refractivity contribution in [3.8, 4) is 0 Å². The van der Waals surface area contributed by atoms with Gasteiger partial charge in [-0.05, 0) is 37.8 Å². The summed E-state index contributed by atoms with van der Waals surface area (Å²) in [6.07, 6.45) is 5.06. The van der Waals surface area contributed by atoms with Gasteiger partial charge < -0.3 is 4.74 Å². The van der Waals surface area contributed by atoms with E-state index < -0.39 is 9.84 Å². The second kappa shape index (κ2) is 5.09. The summed E-state index contributed by atoms with van der Waals surface area (Å²) in [5.74, 6) is 0.922. The molecule has 0 aromatic heterocycles. The molecule has 1 fully saturated rings. The van der Waals surface area contributed by atoms with Gasteiger partial charge in [-0.1, -0.05) is 30.9 Å². The van der Waals surface area contributed by atoms with E-state index in [1.165, 1.54) is 0 Å². The molecule has 0 bridgehead atoms. The lowest BCUT2D eigenvalue weighted by atomic mass is 9.91. The molecule has 4 heteroatoms. The molecule has 0 amide bonds. The van der Waals surface area contributed by atoms with Crippen molar-refractivity contribution < 1.29 is 13.2 Å². The first-order valence-corrected chi connectivity index (χ1v) is 8.43. The first kappa shape index (κ1) is 13.4. The summed E-state index contributed by atoms with van der Waals surface area (Å²) < 4.78 is 31.3. The number of hydrogen-bond donors (Lipinski definition) is 0. The van der Waals surface area contributed by atoms with Crippen LogP contribution in [0, 0.1) is 5.92 Å². The van der Waals surface area contributed by atoms with E-state index in [2.05, 4.69) is 6.58 Å². The number of sulfone groups is 1. The molecular formula is C16H18O3S. The van der Waals surface area contributed by atoms with Crippen LogP contribution in [-0.2, 0) is 14.6 Å². The SMILES string of the molecule is C=C[C@H]1C[C@H]2CCCC(S(=O)(=O)c3ccccc3)=C2O1. The van der Waals surface area contributed by atoms with Crippen LogP contribution in [0.2, 0.25) is 0 Å². The zero-order valence-electron chi connectivity index (χ0n) is 11.3. The van der Waals surface area contributed by atoms with E-state index in [4.69, 9.17) is 4.74 Å². The summed E-state index contributed by atoms with van der Waals surface area (Å²) in [5.41, 5.74) is 0. The van der Waals surface area contributed by atoms with Gasteiger partial charge in [0.05, 0.1) is 9.80 Å². The van der Waals surface area contributed by atoms with Crippen LogP contribution in [0.1, 0.15) is 25.7 Å². The molecule has 1 aromatic carbocycles. The Hall–Kier alpha value is -1.55. The zero-order valence-corrected chi connectivity index (χ0v) is 12.1. The average molecular weight is 290 g/mol. The molecule has 1 aliphatic carbocycles. The van der Waals surface area contributed by atoms with E-state index in [1.54, 1.807) is 30.3 Å². The topological polar surface area (TPSA) is 43.4 Å². The normalized spacial score (nSPS) is 26.0. The Bertz CT molecular complexity index is 644. The number of fused-ring (bicyclic) bond motifs is 1. The van der Waals surface area contributed by atoms with Gasteiger partial charge in [0.2, 0.25) is 9.84 Å². The van der Waals surface area contributed by atoms with Crippen molar-refractivity contribution in [3.63, 3.8) is 0 Å². The summed E-state index contributed by atoms with van der Waals surface area (Å²) >= 11 is 0. The van der Waals surface area contributed by atoms with E-state index in [9.17, 15) is 8.42 Å². The maximum absolute atomic E-state index is 12.8. The fourth-order valence-corrected chi connectivity index (χ4v) is 4.72. The fraction of sp³-hybridized carbons (Fsp3) is 0.375. The van der Waals surface area contributed by atoms with Crippen LogP contribution in [0.15, 0.2) is 58.5 Å². The molecule has 0 spiro atoms. The average Bonchev–Trinajstić information content (AvgIpc) is 2.91. The fourth-order valence-electron chi connectivity index (χ4n) is 3.02. The first-order valence-electron chi connectivity index (χ1n) is 6.95. The van der Waals surface area contributed by atoms with Crippen molar-refractivity contribution in [1.29, 1.82) is 0 Å². The van der Waals surface area contributed by atoms with Crippen molar-refractivity contribution in [2.24, 2.45) is 5.92 Å². The summed E-state index contributed by atoms with van der Waals surface area (Å²) in [5, 5.41) is 0. The zero-order chi connectivity index (χ0) is 14.2. The number of rotatable bonds is 3. The minimum atomic E-state index is -3.43. The predicted octanol–water partition coefficient (Wildman–Crippen LogP) is 3.45. The molecule has 1 aromatic rings. The lowest BCUT2D eigenvalue weighted by Gasteiger charge is -2.21. The lowest BCUT2D eigenvalue weighted by Crippen LogP contribution is -2.15. The number of hydrogen-bond acceptors (Lipinski definition) is 3. The summed E-state index contributed by atoms with van der Waals surface area (Å²) in [6, 6.07) is 8.61. The highest BCUT2D eigenvalue weighted by molar-refractivity contribution is 7.95. The van der Waals surface area contributed by atoms with Crippen LogP contribution in [0.25, 0.3) is 0 Å². The van der Waals surface area contributed by atoms with Crippen LogP contribution >= 0.6 is 0 Å². The summed E-state index contributed by atoms with van der Waals surface area (Å²) in [4.78, 5) is 0.832. The Balaban J connectivity index is 2.06. The molecule has 3 nitrogen and oxygen atoms in total. The molecule has 2 atom stereocenters. The summed E-state index contributed by atoms with van der Waals surface area (Å²) in [6.45, 7) is 3.75. The van der Waals surface area contributed by atoms with Crippen LogP contribution in [0.4, 0.5) is 0 Å². The monoisotopic (exact) mass is 290 g/mol. The van der Waals surface area contributed by atoms with E-state index in [-0.39, 0.29) is 12.0 Å². The van der Waals surface area contributed by atoms with Crippen LogP contribution in [-0.4, -0.2) is 14.5 Å². The number of allylic oxidation sites excluding steroid dienone is 2. The molecule has 2 aliphatic rings. The number of benzene rings is 1. The van der Waals surface area contributed by atoms with Gasteiger partial charge >= 0.3 is 0 Å². The van der Waals surface area contributed by atoms with Crippen molar-refractivity contribution in [1.82, 2.24) is 0 Å². The Morgan fingerprint density at radius 1 is 1.25 bits per heavy atom. The van der Waals surface area contributed by atoms with Crippen LogP contribution in [0.3, 0.4) is 0 Å². The predicted molar refractivity (Wildman–Crippen MR) is 77.7 cm³/mol. The van der Waals surface area contributed by atoms with Gasteiger partial charge in [0.15, 0.2) is 0 Å². The third-order valence-corrected chi connectivity index (χ3v) is 5.98. The quantitative estimate of drug-likeness (QED) is 0.801. The summed E-state index contributed by atoms with van der Waals surface area (Å²) in [7, 11) is -3.43. The lowest BCUT2D eigenvalue weighted by molar-refractivity contribution is 0.196. The Labute approximate surface area is 119 Å². The number of ether oxygens (including phenoxy) is 1. The highest BCUT2D eigenvalue weighted by Gasteiger charge is 2.38. The Kier molecular flexibility index (Phi) is 3.42. The molecule has 20 heavy (non-hydrogen) atoms. The van der Waals surface area contributed by atoms with Crippen molar-refractivity contribution in [2.45, 2.75) is 36.7 Å². The van der Waals surface area contributed by atoms with Crippen molar-refractivity contribution >= 4 is 9.84 Å². The van der Waals surface area contributed by atoms with Gasteiger partial charge in [-0.25, -0.2) is 8.42 Å². The van der Waals surface area contributed by atoms with Crippen molar-refractivity contribution in [2.75, 3.05) is 0 Å². The molecule has 3 rings (SSSR count). The maximum atomic E-state index is 12.8. The third-order valence-electron chi connectivity index (χ3n) is 4.04. The van der Waals surface area contributed by atoms with Gasteiger partial charge in [0, 0.05) is 5.92 Å². The first-order chi connectivity index (χ1) is 9.63. The van der Waals surface area contributed by atoms with E-state index in [0.29, 0.717) is 22.0 Å².